The van der Waals surface area contributed by atoms with Gasteiger partial charge in [-0.25, -0.2) is 9.78 Å². The number of aliphatic carboxylic acids is 1. The molecule has 6 nitrogen and oxygen atoms in total. The number of ether oxygens (including phenoxy) is 1. The molecule has 2 unspecified atom stereocenters. The molecular formula is C19H22N2O4. The summed E-state index contributed by atoms with van der Waals surface area (Å²) in [6.07, 6.45) is 2.03. The van der Waals surface area contributed by atoms with E-state index < -0.39 is 17.9 Å². The van der Waals surface area contributed by atoms with Crippen LogP contribution >= 0.6 is 0 Å². The molecule has 0 radical (unpaired) electrons. The number of nitrogens with one attached hydrogen (secondary N) is 1. The Bertz CT molecular complexity index is 701. The van der Waals surface area contributed by atoms with Gasteiger partial charge in [-0.15, -0.1) is 0 Å². The Balaban J connectivity index is 1.96. The van der Waals surface area contributed by atoms with E-state index in [4.69, 9.17) is 4.74 Å². The van der Waals surface area contributed by atoms with Crippen LogP contribution < -0.4 is 10.1 Å². The van der Waals surface area contributed by atoms with E-state index in [1.807, 2.05) is 37.3 Å². The maximum absolute atomic E-state index is 12.2. The van der Waals surface area contributed by atoms with E-state index in [1.165, 1.54) is 6.20 Å². The molecule has 25 heavy (non-hydrogen) atoms. The van der Waals surface area contributed by atoms with Gasteiger partial charge in [0.15, 0.2) is 0 Å². The number of carbonyl (C=O) groups excluding carboxylic acids is 1. The van der Waals surface area contributed by atoms with Crippen molar-refractivity contribution in [3.8, 4) is 5.88 Å². The molecule has 1 aromatic carbocycles. The summed E-state index contributed by atoms with van der Waals surface area (Å²) in [5.41, 5.74) is 1.31. The number of carbonyl (C=O) groups is 2. The second kappa shape index (κ2) is 8.82. The highest BCUT2D eigenvalue weighted by molar-refractivity contribution is 5.96. The number of hydrogen-bond donors (Lipinski definition) is 2. The van der Waals surface area contributed by atoms with Crippen LogP contribution in [-0.2, 0) is 11.4 Å². The van der Waals surface area contributed by atoms with E-state index in [-0.39, 0.29) is 5.92 Å². The fraction of sp³-hybridized carbons (Fsp3) is 0.316. The molecule has 2 N–H and O–H groups in total. The molecule has 0 aliphatic heterocycles. The molecule has 0 fully saturated rings. The van der Waals surface area contributed by atoms with E-state index in [9.17, 15) is 14.7 Å². The zero-order chi connectivity index (χ0) is 18.2. The van der Waals surface area contributed by atoms with Crippen molar-refractivity contribution in [2.75, 3.05) is 0 Å². The molecule has 2 rings (SSSR count). The second-order valence-corrected chi connectivity index (χ2v) is 5.83. The van der Waals surface area contributed by atoms with Gasteiger partial charge in [0.25, 0.3) is 5.91 Å². The summed E-state index contributed by atoms with van der Waals surface area (Å²) >= 11 is 0. The molecule has 0 bridgehead atoms. The average molecular weight is 342 g/mol. The Hall–Kier alpha value is -2.89. The minimum absolute atomic E-state index is 0.164. The largest absolute Gasteiger partial charge is 0.480 e. The summed E-state index contributed by atoms with van der Waals surface area (Å²) in [5, 5.41) is 11.8. The van der Waals surface area contributed by atoms with Crippen LogP contribution in [0.5, 0.6) is 5.88 Å². The van der Waals surface area contributed by atoms with Gasteiger partial charge in [-0.1, -0.05) is 50.6 Å². The number of carboxylic acid groups (broad SMARTS) is 1. The number of amides is 1. The van der Waals surface area contributed by atoms with E-state index in [0.717, 1.165) is 5.56 Å². The topological polar surface area (TPSA) is 88.5 Å². The summed E-state index contributed by atoms with van der Waals surface area (Å²) in [5.74, 6) is -1.27. The fourth-order valence-corrected chi connectivity index (χ4v) is 2.24. The highest BCUT2D eigenvalue weighted by Crippen LogP contribution is 2.12. The van der Waals surface area contributed by atoms with Gasteiger partial charge in [0.2, 0.25) is 5.88 Å². The third kappa shape index (κ3) is 5.31. The third-order valence-corrected chi connectivity index (χ3v) is 3.99. The first kappa shape index (κ1) is 18.4. The summed E-state index contributed by atoms with van der Waals surface area (Å²) in [6, 6.07) is 11.9. The maximum Gasteiger partial charge on any atom is 0.326 e. The van der Waals surface area contributed by atoms with Crippen molar-refractivity contribution in [2.24, 2.45) is 5.92 Å². The Morgan fingerprint density at radius 2 is 1.92 bits per heavy atom. The highest BCUT2D eigenvalue weighted by Gasteiger charge is 2.25. The quantitative estimate of drug-likeness (QED) is 0.770. The van der Waals surface area contributed by atoms with Gasteiger partial charge in [-0.2, -0.15) is 0 Å². The first-order valence-corrected chi connectivity index (χ1v) is 8.17. The van der Waals surface area contributed by atoms with Gasteiger partial charge < -0.3 is 15.2 Å². The molecule has 2 aromatic rings. The van der Waals surface area contributed by atoms with Crippen LogP contribution in [0, 0.1) is 5.92 Å². The van der Waals surface area contributed by atoms with Gasteiger partial charge in [0, 0.05) is 12.3 Å². The Kier molecular flexibility index (Phi) is 6.51. The van der Waals surface area contributed by atoms with Crippen molar-refractivity contribution < 1.29 is 19.4 Å². The van der Waals surface area contributed by atoms with Crippen LogP contribution in [0.2, 0.25) is 0 Å². The lowest BCUT2D eigenvalue weighted by Gasteiger charge is -2.20. The molecule has 0 saturated carbocycles. The zero-order valence-corrected chi connectivity index (χ0v) is 14.3. The zero-order valence-electron chi connectivity index (χ0n) is 14.3. The average Bonchev–Trinajstić information content (AvgIpc) is 2.64. The summed E-state index contributed by atoms with van der Waals surface area (Å²) in [4.78, 5) is 27.6. The first-order valence-electron chi connectivity index (χ1n) is 8.17. The van der Waals surface area contributed by atoms with E-state index >= 15 is 0 Å². The molecule has 2 atom stereocenters. The third-order valence-electron chi connectivity index (χ3n) is 3.99. The molecule has 0 saturated heterocycles. The van der Waals surface area contributed by atoms with Crippen molar-refractivity contribution in [3.63, 3.8) is 0 Å². The summed E-state index contributed by atoms with van der Waals surface area (Å²) < 4.78 is 5.56. The molecule has 0 aliphatic rings. The lowest BCUT2D eigenvalue weighted by molar-refractivity contribution is -0.140. The smallest absolute Gasteiger partial charge is 0.326 e. The number of pyridine rings is 1. The maximum atomic E-state index is 12.2. The van der Waals surface area contributed by atoms with Crippen LogP contribution in [-0.4, -0.2) is 28.0 Å². The normalized spacial score (nSPS) is 12.9. The molecule has 132 valence electrons. The predicted octanol–water partition coefficient (Wildman–Crippen LogP) is 2.89. The standard InChI is InChI=1S/C19H22N2O4/c1-3-13(2)17(19(23)24)21-18(22)15-9-10-16(20-11-15)25-12-14-7-5-4-6-8-14/h4-11,13,17H,3,12H2,1-2H3,(H,21,22)(H,23,24). The van der Waals surface area contributed by atoms with Gasteiger partial charge in [-0.05, 0) is 17.5 Å². The summed E-state index contributed by atoms with van der Waals surface area (Å²) in [7, 11) is 0. The molecular weight excluding hydrogens is 320 g/mol. The van der Waals surface area contributed by atoms with E-state index in [1.54, 1.807) is 19.1 Å². The van der Waals surface area contributed by atoms with Crippen molar-refractivity contribution in [1.29, 1.82) is 0 Å². The minimum atomic E-state index is -1.04. The minimum Gasteiger partial charge on any atom is -0.480 e. The van der Waals surface area contributed by atoms with E-state index in [0.29, 0.717) is 24.5 Å². The SMILES string of the molecule is CCC(C)C(NC(=O)c1ccc(OCc2ccccc2)nc1)C(=O)O. The monoisotopic (exact) mass is 342 g/mol. The van der Waals surface area contributed by atoms with Crippen molar-refractivity contribution in [2.45, 2.75) is 32.9 Å². The number of rotatable bonds is 8. The van der Waals surface area contributed by atoms with Crippen LogP contribution in [0.3, 0.4) is 0 Å². The van der Waals surface area contributed by atoms with Gasteiger partial charge in [-0.3, -0.25) is 4.79 Å². The van der Waals surface area contributed by atoms with Crippen LogP contribution in [0.1, 0.15) is 36.2 Å². The summed E-state index contributed by atoms with van der Waals surface area (Å²) in [6.45, 7) is 4.06. The van der Waals surface area contributed by atoms with Crippen LogP contribution in [0.25, 0.3) is 0 Å². The predicted molar refractivity (Wildman–Crippen MR) is 93.4 cm³/mol. The number of benzene rings is 1. The molecule has 0 spiro atoms. The molecule has 6 heteroatoms. The van der Waals surface area contributed by atoms with E-state index in [2.05, 4.69) is 10.3 Å². The Morgan fingerprint density at radius 1 is 1.20 bits per heavy atom. The fourth-order valence-electron chi connectivity index (χ4n) is 2.24. The van der Waals surface area contributed by atoms with Gasteiger partial charge >= 0.3 is 5.97 Å². The number of carboxylic acids is 1. The number of aromatic nitrogens is 1. The first-order chi connectivity index (χ1) is 12.0. The van der Waals surface area contributed by atoms with Crippen molar-refractivity contribution in [1.82, 2.24) is 10.3 Å². The lowest BCUT2D eigenvalue weighted by atomic mass is 9.99. The number of hydrogen-bond acceptors (Lipinski definition) is 4. The second-order valence-electron chi connectivity index (χ2n) is 5.83. The van der Waals surface area contributed by atoms with Crippen molar-refractivity contribution in [3.05, 3.63) is 59.8 Å². The Labute approximate surface area is 146 Å². The lowest BCUT2D eigenvalue weighted by Crippen LogP contribution is -2.45. The number of nitrogens with zero attached hydrogens (tertiary/aromatic N) is 1. The van der Waals surface area contributed by atoms with Crippen LogP contribution in [0.4, 0.5) is 0 Å². The Morgan fingerprint density at radius 3 is 2.48 bits per heavy atom. The molecule has 1 heterocycles. The van der Waals surface area contributed by atoms with Gasteiger partial charge in [0.05, 0.1) is 5.56 Å². The highest BCUT2D eigenvalue weighted by atomic mass is 16.5. The molecule has 0 aliphatic carbocycles. The molecule has 1 amide bonds. The molecule has 1 aromatic heterocycles. The van der Waals surface area contributed by atoms with Crippen molar-refractivity contribution >= 4 is 11.9 Å². The van der Waals surface area contributed by atoms with Crippen LogP contribution in [0.15, 0.2) is 48.7 Å². The van der Waals surface area contributed by atoms with Gasteiger partial charge in [0.1, 0.15) is 12.6 Å².